The minimum atomic E-state index is -0.123. The van der Waals surface area contributed by atoms with Gasteiger partial charge in [0.15, 0.2) is 0 Å². The number of nitrogens with zero attached hydrogens (tertiary/aromatic N) is 1. The van der Waals surface area contributed by atoms with Gasteiger partial charge in [0.1, 0.15) is 0 Å². The lowest BCUT2D eigenvalue weighted by molar-refractivity contribution is 0.102. The first-order valence-electron chi connectivity index (χ1n) is 8.50. The Kier molecular flexibility index (Phi) is 4.35. The van der Waals surface area contributed by atoms with Crippen molar-refractivity contribution >= 4 is 11.6 Å². The molecule has 0 saturated carbocycles. The van der Waals surface area contributed by atoms with E-state index in [9.17, 15) is 4.79 Å². The van der Waals surface area contributed by atoms with Crippen LogP contribution in [0, 0.1) is 0 Å². The van der Waals surface area contributed by atoms with E-state index >= 15 is 0 Å². The summed E-state index contributed by atoms with van der Waals surface area (Å²) in [4.78, 5) is 12.8. The van der Waals surface area contributed by atoms with Crippen LogP contribution in [0.2, 0.25) is 0 Å². The van der Waals surface area contributed by atoms with Crippen LogP contribution in [0.1, 0.15) is 10.4 Å². The van der Waals surface area contributed by atoms with Crippen LogP contribution in [0.15, 0.2) is 103 Å². The van der Waals surface area contributed by atoms with E-state index in [4.69, 9.17) is 0 Å². The number of hydrogen-bond acceptors (Lipinski definition) is 1. The van der Waals surface area contributed by atoms with Gasteiger partial charge in [0, 0.05) is 34.9 Å². The van der Waals surface area contributed by atoms with E-state index in [1.54, 1.807) is 0 Å². The molecular formula is C23H18N2O. The minimum absolute atomic E-state index is 0.123. The van der Waals surface area contributed by atoms with Crippen molar-refractivity contribution in [2.24, 2.45) is 0 Å². The minimum Gasteiger partial charge on any atom is -0.324 e. The summed E-state index contributed by atoms with van der Waals surface area (Å²) in [5.74, 6) is -0.123. The number of aromatic nitrogens is 1. The van der Waals surface area contributed by atoms with Crippen molar-refractivity contribution in [3.8, 4) is 16.8 Å². The van der Waals surface area contributed by atoms with Crippen LogP contribution in [0.5, 0.6) is 0 Å². The van der Waals surface area contributed by atoms with Gasteiger partial charge >= 0.3 is 0 Å². The highest BCUT2D eigenvalue weighted by Gasteiger charge is 2.11. The molecule has 3 nitrogen and oxygen atoms in total. The predicted octanol–water partition coefficient (Wildman–Crippen LogP) is 5.40. The zero-order valence-electron chi connectivity index (χ0n) is 14.2. The highest BCUT2D eigenvalue weighted by atomic mass is 16.1. The number of benzene rings is 3. The fraction of sp³-hybridized carbons (Fsp3) is 0. The van der Waals surface area contributed by atoms with Gasteiger partial charge in [-0.25, -0.2) is 0 Å². The van der Waals surface area contributed by atoms with Crippen LogP contribution in [0.25, 0.3) is 16.8 Å². The molecule has 3 heteroatoms. The summed E-state index contributed by atoms with van der Waals surface area (Å²) in [6, 6.07) is 29.4. The van der Waals surface area contributed by atoms with E-state index in [2.05, 4.69) is 5.32 Å². The maximum absolute atomic E-state index is 12.8. The maximum Gasteiger partial charge on any atom is 0.255 e. The van der Waals surface area contributed by atoms with Crippen LogP contribution in [0.3, 0.4) is 0 Å². The molecule has 0 aliphatic carbocycles. The molecule has 4 rings (SSSR count). The lowest BCUT2D eigenvalue weighted by Gasteiger charge is -2.12. The third-order valence-electron chi connectivity index (χ3n) is 4.27. The van der Waals surface area contributed by atoms with Crippen molar-refractivity contribution in [2.75, 3.05) is 5.32 Å². The molecule has 1 heterocycles. The van der Waals surface area contributed by atoms with Gasteiger partial charge in [0.25, 0.3) is 5.91 Å². The maximum atomic E-state index is 12.8. The second kappa shape index (κ2) is 7.11. The summed E-state index contributed by atoms with van der Waals surface area (Å²) in [6.45, 7) is 0. The van der Waals surface area contributed by atoms with Gasteiger partial charge in [0.05, 0.1) is 0 Å². The summed E-state index contributed by atoms with van der Waals surface area (Å²) < 4.78 is 1.98. The van der Waals surface area contributed by atoms with Gasteiger partial charge in [0.2, 0.25) is 0 Å². The molecule has 0 radical (unpaired) electrons. The van der Waals surface area contributed by atoms with Crippen molar-refractivity contribution < 1.29 is 4.79 Å². The molecule has 1 aromatic heterocycles. The summed E-state index contributed by atoms with van der Waals surface area (Å²) in [5.41, 5.74) is 4.46. The molecule has 0 bridgehead atoms. The first-order chi connectivity index (χ1) is 12.8. The number of nitrogens with one attached hydrogen (secondary N) is 1. The smallest absolute Gasteiger partial charge is 0.255 e. The topological polar surface area (TPSA) is 34.0 Å². The Morgan fingerprint density at radius 2 is 1.46 bits per heavy atom. The van der Waals surface area contributed by atoms with Gasteiger partial charge in [-0.2, -0.15) is 0 Å². The first-order valence-corrected chi connectivity index (χ1v) is 8.50. The van der Waals surface area contributed by atoms with Crippen LogP contribution < -0.4 is 5.32 Å². The molecule has 0 spiro atoms. The molecule has 0 aliphatic rings. The Labute approximate surface area is 152 Å². The van der Waals surface area contributed by atoms with Crippen LogP contribution in [-0.2, 0) is 0 Å². The Hall–Kier alpha value is -3.59. The monoisotopic (exact) mass is 338 g/mol. The van der Waals surface area contributed by atoms with E-state index in [1.165, 1.54) is 0 Å². The molecule has 0 unspecified atom stereocenters. The highest BCUT2D eigenvalue weighted by Crippen LogP contribution is 2.28. The molecule has 3 aromatic carbocycles. The second-order valence-corrected chi connectivity index (χ2v) is 6.01. The van der Waals surface area contributed by atoms with Crippen molar-refractivity contribution in [3.05, 3.63) is 109 Å². The highest BCUT2D eigenvalue weighted by molar-refractivity contribution is 6.06. The number of para-hydroxylation sites is 1. The molecule has 126 valence electrons. The van der Waals surface area contributed by atoms with E-state index in [0.29, 0.717) is 5.56 Å². The van der Waals surface area contributed by atoms with Gasteiger partial charge in [-0.3, -0.25) is 4.79 Å². The van der Waals surface area contributed by atoms with E-state index < -0.39 is 0 Å². The van der Waals surface area contributed by atoms with Crippen LogP contribution >= 0.6 is 0 Å². The number of hydrogen-bond donors (Lipinski definition) is 1. The average Bonchev–Trinajstić information content (AvgIpc) is 3.24. The Bertz CT molecular complexity index is 1020. The van der Waals surface area contributed by atoms with Gasteiger partial charge in [-0.05, 0) is 42.0 Å². The molecule has 1 N–H and O–H groups in total. The number of carbonyl (C=O) groups is 1. The lowest BCUT2D eigenvalue weighted by Crippen LogP contribution is -2.13. The van der Waals surface area contributed by atoms with Crippen molar-refractivity contribution in [1.29, 1.82) is 0 Å². The van der Waals surface area contributed by atoms with E-state index in [1.807, 2.05) is 108 Å². The molecule has 26 heavy (non-hydrogen) atoms. The number of anilines is 1. The molecule has 0 fully saturated rings. The van der Waals surface area contributed by atoms with Gasteiger partial charge in [-0.15, -0.1) is 0 Å². The second-order valence-electron chi connectivity index (χ2n) is 6.01. The van der Waals surface area contributed by atoms with E-state index in [0.717, 1.165) is 22.5 Å². The molecule has 0 saturated heterocycles. The fourth-order valence-electron chi connectivity index (χ4n) is 2.97. The summed E-state index contributed by atoms with van der Waals surface area (Å²) in [5, 5.41) is 3.05. The Balaban J connectivity index is 1.63. The van der Waals surface area contributed by atoms with Gasteiger partial charge in [-0.1, -0.05) is 54.6 Å². The summed E-state index contributed by atoms with van der Waals surface area (Å²) >= 11 is 0. The molecule has 0 aliphatic heterocycles. The van der Waals surface area contributed by atoms with Crippen molar-refractivity contribution in [3.63, 3.8) is 0 Å². The largest absolute Gasteiger partial charge is 0.324 e. The lowest BCUT2D eigenvalue weighted by atomic mass is 10.0. The number of rotatable bonds is 4. The van der Waals surface area contributed by atoms with Gasteiger partial charge < -0.3 is 9.88 Å². The standard InChI is InChI=1S/C23H18N2O/c26-23(19-11-8-12-20(17-19)25-15-6-7-16-25)24-22-14-5-4-13-21(22)18-9-2-1-3-10-18/h1-17H,(H,24,26). The van der Waals surface area contributed by atoms with Crippen molar-refractivity contribution in [1.82, 2.24) is 4.57 Å². The Morgan fingerprint density at radius 1 is 0.731 bits per heavy atom. The first kappa shape index (κ1) is 15.9. The zero-order chi connectivity index (χ0) is 17.8. The molecule has 1 amide bonds. The van der Waals surface area contributed by atoms with Crippen molar-refractivity contribution in [2.45, 2.75) is 0 Å². The normalized spacial score (nSPS) is 10.5. The zero-order valence-corrected chi connectivity index (χ0v) is 14.2. The van der Waals surface area contributed by atoms with E-state index in [-0.39, 0.29) is 5.91 Å². The predicted molar refractivity (Wildman–Crippen MR) is 106 cm³/mol. The third kappa shape index (κ3) is 3.28. The SMILES string of the molecule is O=C(Nc1ccccc1-c1ccccc1)c1cccc(-n2cccc2)c1. The molecule has 4 aromatic rings. The van der Waals surface area contributed by atoms with Crippen LogP contribution in [-0.4, -0.2) is 10.5 Å². The molecular weight excluding hydrogens is 320 g/mol. The summed E-state index contributed by atoms with van der Waals surface area (Å²) in [7, 11) is 0. The number of amides is 1. The number of carbonyl (C=O) groups excluding carboxylic acids is 1. The molecule has 0 atom stereocenters. The summed E-state index contributed by atoms with van der Waals surface area (Å²) in [6.07, 6.45) is 3.92. The third-order valence-corrected chi connectivity index (χ3v) is 4.27. The van der Waals surface area contributed by atoms with Crippen LogP contribution in [0.4, 0.5) is 5.69 Å². The average molecular weight is 338 g/mol. The Morgan fingerprint density at radius 3 is 2.27 bits per heavy atom. The fourth-order valence-corrected chi connectivity index (χ4v) is 2.97. The quantitative estimate of drug-likeness (QED) is 0.531.